The van der Waals surface area contributed by atoms with Gasteiger partial charge in [0.2, 0.25) is 5.91 Å². The summed E-state index contributed by atoms with van der Waals surface area (Å²) < 4.78 is 0. The summed E-state index contributed by atoms with van der Waals surface area (Å²) in [6.07, 6.45) is 7.18. The van der Waals surface area contributed by atoms with Gasteiger partial charge in [0.05, 0.1) is 0 Å². The van der Waals surface area contributed by atoms with Crippen molar-refractivity contribution in [2.45, 2.75) is 64.0 Å². The second kappa shape index (κ2) is 5.84. The Kier molecular flexibility index (Phi) is 4.11. The number of amides is 1. The lowest BCUT2D eigenvalue weighted by Gasteiger charge is -2.52. The SMILES string of the molecule is CCCC(=O)[C@@H]1C(=O)N2CCCC[C@@H]2[C@H]2CCCN[C@@H]12. The van der Waals surface area contributed by atoms with Crippen molar-refractivity contribution in [3.05, 3.63) is 0 Å². The van der Waals surface area contributed by atoms with Gasteiger partial charge in [-0.05, 0) is 51.0 Å². The first-order chi connectivity index (χ1) is 9.74. The first kappa shape index (κ1) is 14.1. The van der Waals surface area contributed by atoms with Crippen LogP contribution in [0.3, 0.4) is 0 Å². The highest BCUT2D eigenvalue weighted by atomic mass is 16.2. The molecule has 0 bridgehead atoms. The van der Waals surface area contributed by atoms with E-state index in [-0.39, 0.29) is 17.7 Å². The molecule has 0 aromatic heterocycles. The molecule has 0 saturated carbocycles. The van der Waals surface area contributed by atoms with Crippen LogP contribution in [0, 0.1) is 11.8 Å². The molecule has 0 unspecified atom stereocenters. The monoisotopic (exact) mass is 278 g/mol. The minimum Gasteiger partial charge on any atom is -0.339 e. The number of nitrogens with zero attached hydrogens (tertiary/aromatic N) is 1. The number of nitrogens with one attached hydrogen (secondary N) is 1. The van der Waals surface area contributed by atoms with Crippen LogP contribution >= 0.6 is 0 Å². The van der Waals surface area contributed by atoms with Crippen molar-refractivity contribution in [1.29, 1.82) is 0 Å². The maximum atomic E-state index is 12.8. The van der Waals surface area contributed by atoms with E-state index in [1.165, 1.54) is 19.3 Å². The Hall–Kier alpha value is -0.900. The average Bonchev–Trinajstić information content (AvgIpc) is 2.48. The first-order valence-electron chi connectivity index (χ1n) is 8.30. The van der Waals surface area contributed by atoms with Gasteiger partial charge < -0.3 is 10.2 Å². The van der Waals surface area contributed by atoms with E-state index in [1.807, 2.05) is 6.92 Å². The summed E-state index contributed by atoms with van der Waals surface area (Å²) in [5.41, 5.74) is 0. The Morgan fingerprint density at radius 1 is 1.30 bits per heavy atom. The largest absolute Gasteiger partial charge is 0.339 e. The van der Waals surface area contributed by atoms with Gasteiger partial charge in [0.25, 0.3) is 0 Å². The Labute approximate surface area is 121 Å². The number of rotatable bonds is 3. The second-order valence-corrected chi connectivity index (χ2v) is 6.57. The molecule has 3 aliphatic heterocycles. The standard InChI is InChI=1S/C16H26N2O2/c1-2-6-13(19)14-15-11(7-5-9-17-15)12-8-3-4-10-18(12)16(14)20/h11-12,14-15,17H,2-10H2,1H3/t11-,12-,14+,15-/m1/s1. The fraction of sp³-hybridized carbons (Fsp3) is 0.875. The van der Waals surface area contributed by atoms with Crippen LogP contribution in [0.2, 0.25) is 0 Å². The summed E-state index contributed by atoms with van der Waals surface area (Å²) in [5.74, 6) is 0.358. The molecule has 0 radical (unpaired) electrons. The number of fused-ring (bicyclic) bond motifs is 3. The van der Waals surface area contributed by atoms with E-state index in [1.54, 1.807) is 0 Å². The van der Waals surface area contributed by atoms with Crippen molar-refractivity contribution >= 4 is 11.7 Å². The molecule has 3 heterocycles. The Morgan fingerprint density at radius 3 is 2.95 bits per heavy atom. The van der Waals surface area contributed by atoms with Gasteiger partial charge in [-0.1, -0.05) is 6.92 Å². The molecule has 3 rings (SSSR count). The number of ketones is 1. The van der Waals surface area contributed by atoms with Crippen molar-refractivity contribution in [3.8, 4) is 0 Å². The smallest absolute Gasteiger partial charge is 0.235 e. The molecule has 1 amide bonds. The average molecular weight is 278 g/mol. The number of Topliss-reactive ketones (excluding diaryl/α,β-unsaturated/α-hetero) is 1. The van der Waals surface area contributed by atoms with Gasteiger partial charge in [0.15, 0.2) is 0 Å². The summed E-state index contributed by atoms with van der Waals surface area (Å²) in [4.78, 5) is 27.3. The Balaban J connectivity index is 1.88. The fourth-order valence-electron chi connectivity index (χ4n) is 4.48. The van der Waals surface area contributed by atoms with Crippen molar-refractivity contribution in [3.63, 3.8) is 0 Å². The Morgan fingerprint density at radius 2 is 2.15 bits per heavy atom. The van der Waals surface area contributed by atoms with Crippen LogP contribution in [0.1, 0.15) is 51.9 Å². The minimum absolute atomic E-state index is 0.106. The van der Waals surface area contributed by atoms with Gasteiger partial charge in [-0.15, -0.1) is 0 Å². The lowest BCUT2D eigenvalue weighted by Crippen LogP contribution is -2.66. The number of hydrogen-bond acceptors (Lipinski definition) is 3. The molecule has 4 nitrogen and oxygen atoms in total. The topological polar surface area (TPSA) is 49.4 Å². The van der Waals surface area contributed by atoms with E-state index < -0.39 is 5.92 Å². The van der Waals surface area contributed by atoms with E-state index in [9.17, 15) is 9.59 Å². The maximum absolute atomic E-state index is 12.8. The van der Waals surface area contributed by atoms with Crippen molar-refractivity contribution in [2.75, 3.05) is 13.1 Å². The maximum Gasteiger partial charge on any atom is 0.235 e. The molecular formula is C16H26N2O2. The van der Waals surface area contributed by atoms with E-state index in [2.05, 4.69) is 10.2 Å². The number of piperidine rings is 3. The molecule has 0 aliphatic carbocycles. The van der Waals surface area contributed by atoms with Crippen LogP contribution in [0.25, 0.3) is 0 Å². The predicted octanol–water partition coefficient (Wildman–Crippen LogP) is 1.73. The molecule has 0 spiro atoms. The molecule has 4 atom stereocenters. The molecule has 4 heteroatoms. The van der Waals surface area contributed by atoms with Gasteiger partial charge in [-0.25, -0.2) is 0 Å². The summed E-state index contributed by atoms with van der Waals surface area (Å²) in [6.45, 7) is 3.83. The van der Waals surface area contributed by atoms with Crippen LogP contribution in [-0.2, 0) is 9.59 Å². The molecule has 0 aromatic carbocycles. The summed E-state index contributed by atoms with van der Waals surface area (Å²) in [5, 5.41) is 3.51. The van der Waals surface area contributed by atoms with Crippen molar-refractivity contribution in [1.82, 2.24) is 10.2 Å². The third-order valence-corrected chi connectivity index (χ3v) is 5.35. The zero-order valence-electron chi connectivity index (χ0n) is 12.4. The Bertz CT molecular complexity index is 396. The molecule has 112 valence electrons. The zero-order valence-corrected chi connectivity index (χ0v) is 12.4. The van der Waals surface area contributed by atoms with Crippen molar-refractivity contribution in [2.24, 2.45) is 11.8 Å². The van der Waals surface area contributed by atoms with E-state index in [4.69, 9.17) is 0 Å². The number of carbonyl (C=O) groups is 2. The molecule has 3 aliphatic rings. The molecule has 0 aromatic rings. The van der Waals surface area contributed by atoms with Gasteiger partial charge in [-0.3, -0.25) is 9.59 Å². The van der Waals surface area contributed by atoms with E-state index in [0.29, 0.717) is 18.4 Å². The highest BCUT2D eigenvalue weighted by Gasteiger charge is 2.51. The van der Waals surface area contributed by atoms with Gasteiger partial charge in [0, 0.05) is 25.0 Å². The summed E-state index contributed by atoms with van der Waals surface area (Å²) in [7, 11) is 0. The van der Waals surface area contributed by atoms with Crippen molar-refractivity contribution < 1.29 is 9.59 Å². The van der Waals surface area contributed by atoms with E-state index >= 15 is 0 Å². The first-order valence-corrected chi connectivity index (χ1v) is 8.30. The fourth-order valence-corrected chi connectivity index (χ4v) is 4.48. The van der Waals surface area contributed by atoms with Crippen LogP contribution in [0.5, 0.6) is 0 Å². The lowest BCUT2D eigenvalue weighted by molar-refractivity contribution is -0.155. The molecule has 3 saturated heterocycles. The highest BCUT2D eigenvalue weighted by molar-refractivity contribution is 6.03. The molecular weight excluding hydrogens is 252 g/mol. The van der Waals surface area contributed by atoms with Crippen LogP contribution in [-0.4, -0.2) is 41.8 Å². The summed E-state index contributed by atoms with van der Waals surface area (Å²) >= 11 is 0. The molecule has 3 fully saturated rings. The quantitative estimate of drug-likeness (QED) is 0.800. The van der Waals surface area contributed by atoms with Crippen LogP contribution < -0.4 is 5.32 Å². The van der Waals surface area contributed by atoms with Crippen LogP contribution in [0.4, 0.5) is 0 Å². The van der Waals surface area contributed by atoms with Gasteiger partial charge in [0.1, 0.15) is 11.7 Å². The lowest BCUT2D eigenvalue weighted by atomic mass is 9.69. The second-order valence-electron chi connectivity index (χ2n) is 6.57. The van der Waals surface area contributed by atoms with Gasteiger partial charge in [-0.2, -0.15) is 0 Å². The number of carbonyl (C=O) groups excluding carboxylic acids is 2. The molecule has 1 N–H and O–H groups in total. The molecule has 20 heavy (non-hydrogen) atoms. The van der Waals surface area contributed by atoms with Gasteiger partial charge >= 0.3 is 0 Å². The zero-order chi connectivity index (χ0) is 14.1. The third kappa shape index (κ3) is 2.28. The third-order valence-electron chi connectivity index (χ3n) is 5.35. The van der Waals surface area contributed by atoms with Crippen LogP contribution in [0.15, 0.2) is 0 Å². The number of hydrogen-bond donors (Lipinski definition) is 1. The highest BCUT2D eigenvalue weighted by Crippen LogP contribution is 2.39. The predicted molar refractivity (Wildman–Crippen MR) is 77.3 cm³/mol. The summed E-state index contributed by atoms with van der Waals surface area (Å²) in [6, 6.07) is 0.495. The van der Waals surface area contributed by atoms with E-state index in [0.717, 1.165) is 32.4 Å². The normalized spacial score (nSPS) is 37.2. The minimum atomic E-state index is -0.408.